The molecule has 2 aromatic rings. The van der Waals surface area contributed by atoms with Gasteiger partial charge in [-0.05, 0) is 49.6 Å². The van der Waals surface area contributed by atoms with Gasteiger partial charge in [-0.1, -0.05) is 33.6 Å². The van der Waals surface area contributed by atoms with Crippen LogP contribution in [0, 0.1) is 6.92 Å². The maximum atomic E-state index is 12.8. The molecule has 2 aromatic carbocycles. The molecular formula is C17H17BrN2O. The molecule has 0 unspecified atom stereocenters. The van der Waals surface area contributed by atoms with E-state index in [0.29, 0.717) is 11.3 Å². The quantitative estimate of drug-likeness (QED) is 0.796. The Hall–Kier alpha value is -1.81. The molecule has 1 aliphatic heterocycles. The first-order valence-corrected chi connectivity index (χ1v) is 7.82. The van der Waals surface area contributed by atoms with Crippen molar-refractivity contribution >= 4 is 33.2 Å². The predicted octanol–water partition coefficient (Wildman–Crippen LogP) is 3.93. The average Bonchev–Trinajstić information content (AvgIpc) is 2.48. The second-order valence-electron chi connectivity index (χ2n) is 5.42. The molecule has 1 heterocycles. The minimum atomic E-state index is -0.0291. The minimum absolute atomic E-state index is 0.0291. The van der Waals surface area contributed by atoms with Crippen LogP contribution in [0.5, 0.6) is 0 Å². The summed E-state index contributed by atoms with van der Waals surface area (Å²) in [7, 11) is 0. The highest BCUT2D eigenvalue weighted by Crippen LogP contribution is 2.30. The molecular weight excluding hydrogens is 328 g/mol. The van der Waals surface area contributed by atoms with E-state index in [1.54, 1.807) is 12.1 Å². The second-order valence-corrected chi connectivity index (χ2v) is 6.34. The summed E-state index contributed by atoms with van der Waals surface area (Å²) in [6.45, 7) is 2.81. The Labute approximate surface area is 132 Å². The van der Waals surface area contributed by atoms with E-state index in [9.17, 15) is 4.79 Å². The lowest BCUT2D eigenvalue weighted by atomic mass is 9.98. The summed E-state index contributed by atoms with van der Waals surface area (Å²) in [5.74, 6) is -0.0291. The smallest absolute Gasteiger partial charge is 0.260 e. The molecule has 1 aliphatic rings. The molecule has 0 atom stereocenters. The number of hydrogen-bond donors (Lipinski definition) is 1. The average molecular weight is 345 g/mol. The highest BCUT2D eigenvalue weighted by Gasteiger charge is 2.24. The number of benzene rings is 2. The van der Waals surface area contributed by atoms with Crippen LogP contribution in [0.3, 0.4) is 0 Å². The molecule has 0 saturated carbocycles. The fourth-order valence-corrected chi connectivity index (χ4v) is 3.16. The van der Waals surface area contributed by atoms with Crippen LogP contribution < -0.4 is 10.6 Å². The molecule has 108 valence electrons. The number of carbonyl (C=O) groups is 1. The molecule has 2 N–H and O–H groups in total. The number of aryl methyl sites for hydroxylation is 2. The number of fused-ring (bicyclic) bond motifs is 1. The Kier molecular flexibility index (Phi) is 3.72. The van der Waals surface area contributed by atoms with E-state index in [-0.39, 0.29) is 5.91 Å². The van der Waals surface area contributed by atoms with Crippen molar-refractivity contribution in [3.63, 3.8) is 0 Å². The maximum absolute atomic E-state index is 12.8. The first-order valence-electron chi connectivity index (χ1n) is 7.02. The van der Waals surface area contributed by atoms with Crippen LogP contribution >= 0.6 is 15.9 Å². The lowest BCUT2D eigenvalue weighted by Crippen LogP contribution is -2.35. The van der Waals surface area contributed by atoms with Crippen molar-refractivity contribution in [1.29, 1.82) is 0 Å². The zero-order valence-corrected chi connectivity index (χ0v) is 13.5. The topological polar surface area (TPSA) is 46.3 Å². The van der Waals surface area contributed by atoms with Gasteiger partial charge in [0.05, 0.1) is 5.56 Å². The highest BCUT2D eigenvalue weighted by molar-refractivity contribution is 9.10. The van der Waals surface area contributed by atoms with E-state index in [2.05, 4.69) is 35.0 Å². The van der Waals surface area contributed by atoms with Crippen LogP contribution in [0.1, 0.15) is 27.9 Å². The Bertz CT molecular complexity index is 712. The van der Waals surface area contributed by atoms with E-state index >= 15 is 0 Å². The van der Waals surface area contributed by atoms with E-state index in [4.69, 9.17) is 5.73 Å². The van der Waals surface area contributed by atoms with E-state index in [0.717, 1.165) is 29.5 Å². The van der Waals surface area contributed by atoms with Crippen molar-refractivity contribution in [2.45, 2.75) is 19.8 Å². The van der Waals surface area contributed by atoms with Gasteiger partial charge in [-0.3, -0.25) is 4.79 Å². The molecule has 21 heavy (non-hydrogen) atoms. The first-order chi connectivity index (χ1) is 10.1. The molecule has 0 bridgehead atoms. The Morgan fingerprint density at radius 2 is 2.05 bits per heavy atom. The van der Waals surface area contributed by atoms with Gasteiger partial charge in [-0.2, -0.15) is 0 Å². The number of hydrogen-bond acceptors (Lipinski definition) is 2. The number of nitrogen functional groups attached to an aromatic ring is 1. The van der Waals surface area contributed by atoms with Gasteiger partial charge in [0.25, 0.3) is 5.91 Å². The summed E-state index contributed by atoms with van der Waals surface area (Å²) in [6, 6.07) is 11.7. The summed E-state index contributed by atoms with van der Waals surface area (Å²) in [4.78, 5) is 14.7. The molecule has 1 amide bonds. The highest BCUT2D eigenvalue weighted by atomic mass is 79.9. The number of nitrogens with zero attached hydrogens (tertiary/aromatic N) is 1. The van der Waals surface area contributed by atoms with Gasteiger partial charge in [0.15, 0.2) is 0 Å². The monoisotopic (exact) mass is 344 g/mol. The van der Waals surface area contributed by atoms with E-state index in [1.165, 1.54) is 11.1 Å². The van der Waals surface area contributed by atoms with Gasteiger partial charge < -0.3 is 10.6 Å². The number of rotatable bonds is 1. The summed E-state index contributed by atoms with van der Waals surface area (Å²) >= 11 is 3.40. The SMILES string of the molecule is Cc1ccc2c(c1)CCCN2C(=O)c1cc(Br)ccc1N. The molecule has 3 nitrogen and oxygen atoms in total. The maximum Gasteiger partial charge on any atom is 0.260 e. The zero-order valence-electron chi connectivity index (χ0n) is 11.9. The third-order valence-electron chi connectivity index (χ3n) is 3.84. The molecule has 0 radical (unpaired) electrons. The summed E-state index contributed by atoms with van der Waals surface area (Å²) in [5, 5.41) is 0. The number of amides is 1. The molecule has 0 aliphatic carbocycles. The normalized spacial score (nSPS) is 13.9. The van der Waals surface area contributed by atoms with E-state index in [1.807, 2.05) is 17.0 Å². The van der Waals surface area contributed by atoms with Crippen LogP contribution in [-0.4, -0.2) is 12.5 Å². The second kappa shape index (κ2) is 5.53. The third-order valence-corrected chi connectivity index (χ3v) is 4.34. The molecule has 0 saturated heterocycles. The van der Waals surface area contributed by atoms with Crippen molar-refractivity contribution < 1.29 is 4.79 Å². The standard InChI is InChI=1S/C17H17BrN2O/c1-11-4-7-16-12(9-11)3-2-8-20(16)17(21)14-10-13(18)5-6-15(14)19/h4-7,9-10H,2-3,8,19H2,1H3. The Balaban J connectivity index is 2.02. The van der Waals surface area contributed by atoms with Crippen molar-refractivity contribution in [3.05, 3.63) is 57.6 Å². The largest absolute Gasteiger partial charge is 0.398 e. The van der Waals surface area contributed by atoms with Crippen LogP contribution in [0.25, 0.3) is 0 Å². The van der Waals surface area contributed by atoms with Crippen molar-refractivity contribution in [3.8, 4) is 0 Å². The van der Waals surface area contributed by atoms with Crippen LogP contribution in [-0.2, 0) is 6.42 Å². The van der Waals surface area contributed by atoms with Crippen LogP contribution in [0.15, 0.2) is 40.9 Å². The number of halogens is 1. The summed E-state index contributed by atoms with van der Waals surface area (Å²) in [5.41, 5.74) is 10.5. The van der Waals surface area contributed by atoms with Gasteiger partial charge >= 0.3 is 0 Å². The van der Waals surface area contributed by atoms with Gasteiger partial charge in [0, 0.05) is 22.4 Å². The van der Waals surface area contributed by atoms with Gasteiger partial charge in [0.1, 0.15) is 0 Å². The fourth-order valence-electron chi connectivity index (χ4n) is 2.80. The van der Waals surface area contributed by atoms with Crippen molar-refractivity contribution in [2.24, 2.45) is 0 Å². The lowest BCUT2D eigenvalue weighted by Gasteiger charge is -2.30. The van der Waals surface area contributed by atoms with Gasteiger partial charge in [0.2, 0.25) is 0 Å². The van der Waals surface area contributed by atoms with Crippen molar-refractivity contribution in [1.82, 2.24) is 0 Å². The predicted molar refractivity (Wildman–Crippen MR) is 89.7 cm³/mol. The van der Waals surface area contributed by atoms with Crippen molar-refractivity contribution in [2.75, 3.05) is 17.2 Å². The van der Waals surface area contributed by atoms with Gasteiger partial charge in [-0.15, -0.1) is 0 Å². The lowest BCUT2D eigenvalue weighted by molar-refractivity contribution is 0.0986. The molecule has 3 rings (SSSR count). The molecule has 0 fully saturated rings. The zero-order chi connectivity index (χ0) is 15.0. The first kappa shape index (κ1) is 14.1. The number of anilines is 2. The minimum Gasteiger partial charge on any atom is -0.398 e. The molecule has 0 aromatic heterocycles. The van der Waals surface area contributed by atoms with Crippen LogP contribution in [0.2, 0.25) is 0 Å². The summed E-state index contributed by atoms with van der Waals surface area (Å²) in [6.07, 6.45) is 2.00. The van der Waals surface area contributed by atoms with Crippen LogP contribution in [0.4, 0.5) is 11.4 Å². The third kappa shape index (κ3) is 2.68. The summed E-state index contributed by atoms with van der Waals surface area (Å²) < 4.78 is 0.862. The molecule has 0 spiro atoms. The van der Waals surface area contributed by atoms with E-state index < -0.39 is 0 Å². The Morgan fingerprint density at radius 1 is 1.24 bits per heavy atom. The number of carbonyl (C=O) groups excluding carboxylic acids is 1. The number of nitrogens with two attached hydrogens (primary N) is 1. The van der Waals surface area contributed by atoms with Gasteiger partial charge in [-0.25, -0.2) is 0 Å². The fraction of sp³-hybridized carbons (Fsp3) is 0.235. The molecule has 4 heteroatoms. The Morgan fingerprint density at radius 3 is 2.86 bits per heavy atom.